The van der Waals surface area contributed by atoms with E-state index in [1.165, 1.54) is 24.8 Å². The van der Waals surface area contributed by atoms with Gasteiger partial charge in [0.25, 0.3) is 5.56 Å². The van der Waals surface area contributed by atoms with Crippen LogP contribution in [0.2, 0.25) is 0 Å². The first-order chi connectivity index (χ1) is 13.3. The first kappa shape index (κ1) is 16.5. The molecular weight excluding hydrogens is 332 g/mol. The fourth-order valence-electron chi connectivity index (χ4n) is 5.08. The Hall–Kier alpha value is -2.68. The van der Waals surface area contributed by atoms with Gasteiger partial charge in [-0.05, 0) is 30.4 Å². The molecule has 0 radical (unpaired) electrons. The molecule has 1 saturated carbocycles. The van der Waals surface area contributed by atoms with Crippen molar-refractivity contribution in [1.29, 1.82) is 0 Å². The molecule has 1 aromatic heterocycles. The van der Waals surface area contributed by atoms with Crippen LogP contribution >= 0.6 is 0 Å². The third kappa shape index (κ3) is 2.73. The highest BCUT2D eigenvalue weighted by molar-refractivity contribution is 5.71. The van der Waals surface area contributed by atoms with Crippen LogP contribution in [0.25, 0.3) is 11.3 Å². The number of hydrogen-bond acceptors (Lipinski definition) is 2. The van der Waals surface area contributed by atoms with Crippen LogP contribution < -0.4 is 5.56 Å². The van der Waals surface area contributed by atoms with Crippen LogP contribution in [0.5, 0.6) is 0 Å². The second-order valence-corrected chi connectivity index (χ2v) is 8.06. The van der Waals surface area contributed by atoms with Crippen LogP contribution in [0.15, 0.2) is 65.7 Å². The Morgan fingerprint density at radius 3 is 2.48 bits per heavy atom. The van der Waals surface area contributed by atoms with E-state index < -0.39 is 0 Å². The van der Waals surface area contributed by atoms with E-state index in [-0.39, 0.29) is 11.0 Å². The maximum Gasteiger partial charge on any atom is 0.258 e. The van der Waals surface area contributed by atoms with Crippen molar-refractivity contribution in [2.45, 2.75) is 50.5 Å². The molecule has 0 amide bonds. The highest BCUT2D eigenvalue weighted by Gasteiger charge is 2.42. The van der Waals surface area contributed by atoms with E-state index >= 15 is 0 Å². The standard InChI is InChI=1S/C24H24N2O/c27-23-21-22(25-17-26(23)16-18-9-3-1-4-10-18)20-12-6-5-11-19(20)15-24(21)13-7-2-8-14-24/h1,3-6,9-12,17H,2,7-8,13-16H2. The van der Waals surface area contributed by atoms with Crippen LogP contribution in [-0.4, -0.2) is 9.55 Å². The van der Waals surface area contributed by atoms with Crippen LogP contribution in [0.3, 0.4) is 0 Å². The number of rotatable bonds is 2. The molecule has 136 valence electrons. The van der Waals surface area contributed by atoms with Gasteiger partial charge in [0.05, 0.1) is 24.1 Å². The van der Waals surface area contributed by atoms with E-state index in [9.17, 15) is 4.79 Å². The summed E-state index contributed by atoms with van der Waals surface area (Å²) in [4.78, 5) is 18.5. The van der Waals surface area contributed by atoms with Gasteiger partial charge in [-0.25, -0.2) is 4.98 Å². The zero-order valence-electron chi connectivity index (χ0n) is 15.5. The third-order valence-electron chi connectivity index (χ3n) is 6.38. The van der Waals surface area contributed by atoms with Gasteiger partial charge in [0, 0.05) is 11.0 Å². The maximum absolute atomic E-state index is 13.6. The fourth-order valence-corrected chi connectivity index (χ4v) is 5.08. The van der Waals surface area contributed by atoms with Crippen LogP contribution in [0.4, 0.5) is 0 Å². The van der Waals surface area contributed by atoms with E-state index in [4.69, 9.17) is 4.98 Å². The van der Waals surface area contributed by atoms with E-state index in [1.54, 1.807) is 10.9 Å². The van der Waals surface area contributed by atoms with E-state index in [2.05, 4.69) is 36.4 Å². The second kappa shape index (κ2) is 6.49. The molecule has 0 unspecified atom stereocenters. The fraction of sp³-hybridized carbons (Fsp3) is 0.333. The number of hydrogen-bond donors (Lipinski definition) is 0. The SMILES string of the molecule is O=c1c2c(ncn1Cc1ccccc1)-c1ccccc1CC21CCCCC1. The lowest BCUT2D eigenvalue weighted by atomic mass is 9.62. The van der Waals surface area contributed by atoms with Crippen molar-refractivity contribution < 1.29 is 0 Å². The monoisotopic (exact) mass is 356 g/mol. The van der Waals surface area contributed by atoms with Crippen LogP contribution in [-0.2, 0) is 18.4 Å². The summed E-state index contributed by atoms with van der Waals surface area (Å²) in [5.74, 6) is 0. The van der Waals surface area contributed by atoms with Gasteiger partial charge in [-0.1, -0.05) is 73.9 Å². The zero-order valence-corrected chi connectivity index (χ0v) is 15.5. The normalized spacial score (nSPS) is 17.3. The zero-order chi connectivity index (χ0) is 18.3. The van der Waals surface area contributed by atoms with Gasteiger partial charge < -0.3 is 0 Å². The Kier molecular flexibility index (Phi) is 3.96. The van der Waals surface area contributed by atoms with E-state index in [0.717, 1.165) is 41.6 Å². The van der Waals surface area contributed by atoms with Gasteiger partial charge in [-0.15, -0.1) is 0 Å². The molecule has 5 rings (SSSR count). The predicted molar refractivity (Wildman–Crippen MR) is 108 cm³/mol. The summed E-state index contributed by atoms with van der Waals surface area (Å²) >= 11 is 0. The molecule has 1 heterocycles. The minimum absolute atomic E-state index is 0.0360. The Morgan fingerprint density at radius 1 is 0.926 bits per heavy atom. The molecule has 3 aromatic rings. The lowest BCUT2D eigenvalue weighted by molar-refractivity contribution is 0.283. The summed E-state index contributed by atoms with van der Waals surface area (Å²) in [5, 5.41) is 0. The van der Waals surface area contributed by atoms with Crippen molar-refractivity contribution >= 4 is 0 Å². The first-order valence-corrected chi connectivity index (χ1v) is 9.99. The number of nitrogens with zero attached hydrogens (tertiary/aromatic N) is 2. The summed E-state index contributed by atoms with van der Waals surface area (Å²) in [6, 6.07) is 18.7. The van der Waals surface area contributed by atoms with Gasteiger partial charge >= 0.3 is 0 Å². The number of benzene rings is 2. The molecule has 0 saturated heterocycles. The average molecular weight is 356 g/mol. The van der Waals surface area contributed by atoms with Crippen LogP contribution in [0.1, 0.15) is 48.8 Å². The van der Waals surface area contributed by atoms with Gasteiger partial charge in [0.2, 0.25) is 0 Å². The Labute approximate surface area is 159 Å². The van der Waals surface area contributed by atoms with Crippen LogP contribution in [0, 0.1) is 0 Å². The molecule has 0 bridgehead atoms. The average Bonchev–Trinajstić information content (AvgIpc) is 2.71. The molecule has 0 aliphatic heterocycles. The Bertz CT molecular complexity index is 1030. The second-order valence-electron chi connectivity index (χ2n) is 8.06. The number of fused-ring (bicyclic) bond motifs is 4. The minimum atomic E-state index is -0.0360. The van der Waals surface area contributed by atoms with Gasteiger partial charge in [-0.2, -0.15) is 0 Å². The molecule has 3 nitrogen and oxygen atoms in total. The molecular formula is C24H24N2O. The Morgan fingerprint density at radius 2 is 1.67 bits per heavy atom. The van der Waals surface area contributed by atoms with Crippen molar-refractivity contribution in [3.8, 4) is 11.3 Å². The highest BCUT2D eigenvalue weighted by Crippen LogP contribution is 2.48. The molecule has 27 heavy (non-hydrogen) atoms. The molecule has 1 spiro atoms. The molecule has 3 heteroatoms. The highest BCUT2D eigenvalue weighted by atomic mass is 16.1. The summed E-state index contributed by atoms with van der Waals surface area (Å²) in [7, 11) is 0. The predicted octanol–water partition coefficient (Wildman–Crippen LogP) is 4.72. The molecule has 0 atom stereocenters. The smallest absolute Gasteiger partial charge is 0.258 e. The molecule has 0 N–H and O–H groups in total. The number of aromatic nitrogens is 2. The molecule has 2 aliphatic rings. The molecule has 2 aromatic carbocycles. The quantitative estimate of drug-likeness (QED) is 0.666. The Balaban J connectivity index is 1.69. The minimum Gasteiger partial charge on any atom is -0.294 e. The van der Waals surface area contributed by atoms with Crippen molar-refractivity contribution in [2.24, 2.45) is 0 Å². The van der Waals surface area contributed by atoms with Gasteiger partial charge in [0.1, 0.15) is 0 Å². The van der Waals surface area contributed by atoms with Crippen molar-refractivity contribution in [3.05, 3.63) is 88.0 Å². The third-order valence-corrected chi connectivity index (χ3v) is 6.38. The van der Waals surface area contributed by atoms with Crippen molar-refractivity contribution in [2.75, 3.05) is 0 Å². The lowest BCUT2D eigenvalue weighted by Crippen LogP contribution is -2.42. The summed E-state index contributed by atoms with van der Waals surface area (Å²) in [5.41, 5.74) is 5.64. The maximum atomic E-state index is 13.6. The van der Waals surface area contributed by atoms with Crippen molar-refractivity contribution in [3.63, 3.8) is 0 Å². The van der Waals surface area contributed by atoms with Gasteiger partial charge in [-0.3, -0.25) is 9.36 Å². The topological polar surface area (TPSA) is 34.9 Å². The van der Waals surface area contributed by atoms with E-state index in [1.807, 2.05) is 18.2 Å². The van der Waals surface area contributed by atoms with Crippen molar-refractivity contribution in [1.82, 2.24) is 9.55 Å². The first-order valence-electron chi connectivity index (χ1n) is 9.99. The van der Waals surface area contributed by atoms with Gasteiger partial charge in [0.15, 0.2) is 0 Å². The largest absolute Gasteiger partial charge is 0.294 e. The lowest BCUT2D eigenvalue weighted by Gasteiger charge is -2.41. The summed E-state index contributed by atoms with van der Waals surface area (Å²) in [6.07, 6.45) is 8.59. The summed E-state index contributed by atoms with van der Waals surface area (Å²) in [6.45, 7) is 0.581. The summed E-state index contributed by atoms with van der Waals surface area (Å²) < 4.78 is 1.80. The van der Waals surface area contributed by atoms with E-state index in [0.29, 0.717) is 6.54 Å². The molecule has 2 aliphatic carbocycles. The molecule has 1 fully saturated rings.